The highest BCUT2D eigenvalue weighted by molar-refractivity contribution is 7.99. The molecule has 1 atom stereocenters. The minimum atomic E-state index is -1.10. The van der Waals surface area contributed by atoms with Crippen molar-refractivity contribution in [2.45, 2.75) is 6.92 Å². The van der Waals surface area contributed by atoms with E-state index in [1.807, 2.05) is 0 Å². The second-order valence-corrected chi connectivity index (χ2v) is 2.78. The molecule has 8 heavy (non-hydrogen) atoms. The first kappa shape index (κ1) is 5.50. The van der Waals surface area contributed by atoms with E-state index in [4.69, 9.17) is 0 Å². The van der Waals surface area contributed by atoms with Crippen molar-refractivity contribution in [1.29, 1.82) is 0 Å². The van der Waals surface area contributed by atoms with Crippen LogP contribution in [-0.2, 0) is 11.0 Å². The summed E-state index contributed by atoms with van der Waals surface area (Å²) in [5.74, 6) is 0.487. The lowest BCUT2D eigenvalue weighted by molar-refractivity contribution is 0.687. The molecular formula is C4H6N2OS. The summed E-state index contributed by atoms with van der Waals surface area (Å²) >= 11 is 0. The molecule has 1 aliphatic heterocycles. The van der Waals surface area contributed by atoms with Gasteiger partial charge in [-0.15, -0.1) is 0 Å². The zero-order valence-corrected chi connectivity index (χ0v) is 5.29. The van der Waals surface area contributed by atoms with E-state index in [9.17, 15) is 4.21 Å². The van der Waals surface area contributed by atoms with Crippen LogP contribution in [0.2, 0.25) is 0 Å². The first-order chi connectivity index (χ1) is 3.70. The largest absolute Gasteiger partial charge is 0.285 e. The van der Waals surface area contributed by atoms with Crippen molar-refractivity contribution in [1.82, 2.24) is 4.72 Å². The molecule has 44 valence electrons. The van der Waals surface area contributed by atoms with E-state index >= 15 is 0 Å². The lowest BCUT2D eigenvalue weighted by atomic mass is 10.8. The lowest BCUT2D eigenvalue weighted by Crippen LogP contribution is -2.11. The Bertz CT molecular complexity index is 184. The van der Waals surface area contributed by atoms with Gasteiger partial charge in [0.05, 0.1) is 0 Å². The molecule has 3 nitrogen and oxygen atoms in total. The quantitative estimate of drug-likeness (QED) is 0.498. The maximum absolute atomic E-state index is 10.6. The van der Waals surface area contributed by atoms with Crippen LogP contribution in [0.3, 0.4) is 0 Å². The Labute approximate surface area is 50.1 Å². The van der Waals surface area contributed by atoms with Crippen LogP contribution in [-0.4, -0.2) is 9.25 Å². The summed E-state index contributed by atoms with van der Waals surface area (Å²) in [6.45, 7) is 5.16. The Morgan fingerprint density at radius 1 is 1.88 bits per heavy atom. The average Bonchev–Trinajstić information content (AvgIpc) is 1.85. The van der Waals surface area contributed by atoms with Crippen molar-refractivity contribution in [3.63, 3.8) is 0 Å². The third-order valence-electron chi connectivity index (χ3n) is 0.771. The molecule has 1 N–H and O–H groups in total. The molecule has 0 aromatic heterocycles. The molecule has 0 bridgehead atoms. The predicted molar refractivity (Wildman–Crippen MR) is 33.5 cm³/mol. The van der Waals surface area contributed by atoms with E-state index < -0.39 is 11.0 Å². The number of rotatable bonds is 0. The fourth-order valence-electron chi connectivity index (χ4n) is 0.435. The van der Waals surface area contributed by atoms with Gasteiger partial charge in [0, 0.05) is 0 Å². The monoisotopic (exact) mass is 130 g/mol. The van der Waals surface area contributed by atoms with Crippen LogP contribution in [0.1, 0.15) is 6.92 Å². The van der Waals surface area contributed by atoms with E-state index in [0.717, 1.165) is 0 Å². The Hall–Kier alpha value is -0.640. The third kappa shape index (κ3) is 0.790. The van der Waals surface area contributed by atoms with Gasteiger partial charge >= 0.3 is 0 Å². The van der Waals surface area contributed by atoms with Crippen molar-refractivity contribution >= 4 is 16.0 Å². The van der Waals surface area contributed by atoms with Gasteiger partial charge in [0.2, 0.25) is 0 Å². The number of nitrogens with zero attached hydrogens (tertiary/aromatic N) is 1. The van der Waals surface area contributed by atoms with Gasteiger partial charge in [0.15, 0.2) is 11.0 Å². The molecule has 4 heteroatoms. The number of hydrogen-bond acceptors (Lipinski definition) is 2. The van der Waals surface area contributed by atoms with Crippen LogP contribution >= 0.6 is 0 Å². The topological polar surface area (TPSA) is 41.5 Å². The van der Waals surface area contributed by atoms with E-state index in [2.05, 4.69) is 16.3 Å². The molecule has 0 fully saturated rings. The van der Waals surface area contributed by atoms with Crippen LogP contribution in [0.4, 0.5) is 0 Å². The average molecular weight is 130 g/mol. The highest BCUT2D eigenvalue weighted by atomic mass is 32.2. The standard InChI is InChI=1S/C4H6N2OS/c1-3-5-4(2)8(7)6-3/h6H,1H2,2H3. The highest BCUT2D eigenvalue weighted by Crippen LogP contribution is 2.00. The van der Waals surface area contributed by atoms with E-state index in [0.29, 0.717) is 10.9 Å². The van der Waals surface area contributed by atoms with Gasteiger partial charge in [-0.25, -0.2) is 9.20 Å². The highest BCUT2D eigenvalue weighted by Gasteiger charge is 2.10. The Morgan fingerprint density at radius 3 is 2.62 bits per heavy atom. The SMILES string of the molecule is C=C1N=C(C)S(=O)N1. The van der Waals surface area contributed by atoms with Gasteiger partial charge in [-0.1, -0.05) is 6.58 Å². The summed E-state index contributed by atoms with van der Waals surface area (Å²) in [6, 6.07) is 0. The molecule has 1 rings (SSSR count). The van der Waals surface area contributed by atoms with Crippen LogP contribution < -0.4 is 4.72 Å². The fraction of sp³-hybridized carbons (Fsp3) is 0.250. The lowest BCUT2D eigenvalue weighted by Gasteiger charge is -1.86. The molecule has 0 aromatic rings. The number of nitrogens with one attached hydrogen (secondary N) is 1. The molecule has 0 saturated heterocycles. The second kappa shape index (κ2) is 1.70. The molecule has 0 spiro atoms. The molecule has 0 aliphatic carbocycles. The molecule has 1 aliphatic rings. The first-order valence-corrected chi connectivity index (χ1v) is 3.28. The summed E-state index contributed by atoms with van der Waals surface area (Å²) in [6.07, 6.45) is 0. The van der Waals surface area contributed by atoms with Gasteiger partial charge in [0.25, 0.3) is 0 Å². The van der Waals surface area contributed by atoms with Crippen LogP contribution in [0.15, 0.2) is 17.4 Å². The summed E-state index contributed by atoms with van der Waals surface area (Å²) in [5.41, 5.74) is 0. The molecule has 0 saturated carbocycles. The van der Waals surface area contributed by atoms with Crippen LogP contribution in [0, 0.1) is 0 Å². The second-order valence-electron chi connectivity index (χ2n) is 1.45. The van der Waals surface area contributed by atoms with Gasteiger partial charge in [-0.3, -0.25) is 4.72 Å². The zero-order chi connectivity index (χ0) is 6.15. The van der Waals surface area contributed by atoms with Gasteiger partial charge < -0.3 is 0 Å². The molecule has 0 aromatic carbocycles. The number of aliphatic imine (C=N–C) groups is 1. The molecule has 0 amide bonds. The Balaban J connectivity index is 2.88. The van der Waals surface area contributed by atoms with Crippen LogP contribution in [0.25, 0.3) is 0 Å². The van der Waals surface area contributed by atoms with E-state index in [-0.39, 0.29) is 0 Å². The van der Waals surface area contributed by atoms with E-state index in [1.54, 1.807) is 6.92 Å². The minimum Gasteiger partial charge on any atom is -0.285 e. The predicted octanol–water partition coefficient (Wildman–Crippen LogP) is 0.143. The van der Waals surface area contributed by atoms with E-state index in [1.165, 1.54) is 0 Å². The van der Waals surface area contributed by atoms with Crippen molar-refractivity contribution in [3.05, 3.63) is 12.4 Å². The summed E-state index contributed by atoms with van der Waals surface area (Å²) in [4.78, 5) is 3.78. The van der Waals surface area contributed by atoms with Crippen molar-refractivity contribution < 1.29 is 4.21 Å². The van der Waals surface area contributed by atoms with Gasteiger partial charge in [0.1, 0.15) is 10.9 Å². The van der Waals surface area contributed by atoms with Gasteiger partial charge in [-0.05, 0) is 6.92 Å². The maximum atomic E-state index is 10.6. The Morgan fingerprint density at radius 2 is 2.50 bits per heavy atom. The first-order valence-electron chi connectivity index (χ1n) is 2.13. The molecular weight excluding hydrogens is 124 g/mol. The van der Waals surface area contributed by atoms with Crippen LogP contribution in [0.5, 0.6) is 0 Å². The van der Waals surface area contributed by atoms with Crippen molar-refractivity contribution in [3.8, 4) is 0 Å². The minimum absolute atomic E-state index is 0.487. The van der Waals surface area contributed by atoms with Crippen molar-refractivity contribution in [2.24, 2.45) is 4.99 Å². The maximum Gasteiger partial charge on any atom is 0.165 e. The van der Waals surface area contributed by atoms with Gasteiger partial charge in [-0.2, -0.15) is 0 Å². The third-order valence-corrected chi connectivity index (χ3v) is 1.82. The molecule has 1 heterocycles. The smallest absolute Gasteiger partial charge is 0.165 e. The number of hydrogen-bond donors (Lipinski definition) is 1. The molecule has 0 radical (unpaired) electrons. The summed E-state index contributed by atoms with van der Waals surface area (Å²) in [7, 11) is -1.10. The Kier molecular flexibility index (Phi) is 1.17. The fourth-order valence-corrected chi connectivity index (χ4v) is 1.04. The summed E-state index contributed by atoms with van der Waals surface area (Å²) in [5, 5.41) is 0.593. The summed E-state index contributed by atoms with van der Waals surface area (Å²) < 4.78 is 13.1. The normalized spacial score (nSPS) is 27.4. The molecule has 1 unspecified atom stereocenters. The van der Waals surface area contributed by atoms with Crippen molar-refractivity contribution in [2.75, 3.05) is 0 Å². The zero-order valence-electron chi connectivity index (χ0n) is 4.47.